The second-order valence-electron chi connectivity index (χ2n) is 5.73. The normalized spacial score (nSPS) is 17.8. The van der Waals surface area contributed by atoms with Crippen molar-refractivity contribution >= 4 is 17.3 Å². The molecule has 1 aliphatic rings. The first-order chi connectivity index (χ1) is 11.6. The number of rotatable bonds is 4. The van der Waals surface area contributed by atoms with Gasteiger partial charge in [0.2, 0.25) is 5.89 Å². The van der Waals surface area contributed by atoms with Gasteiger partial charge >= 0.3 is 5.97 Å². The third-order valence-corrected chi connectivity index (χ3v) is 5.09. The van der Waals surface area contributed by atoms with Crippen LogP contribution in [0.1, 0.15) is 28.9 Å². The van der Waals surface area contributed by atoms with E-state index in [1.807, 2.05) is 29.3 Å². The molecule has 8 heteroatoms. The van der Waals surface area contributed by atoms with Gasteiger partial charge in [-0.25, -0.2) is 9.97 Å². The Morgan fingerprint density at radius 1 is 1.58 bits per heavy atom. The highest BCUT2D eigenvalue weighted by Crippen LogP contribution is 2.31. The van der Waals surface area contributed by atoms with Crippen molar-refractivity contribution in [3.8, 4) is 10.8 Å². The van der Waals surface area contributed by atoms with Gasteiger partial charge in [-0.15, -0.1) is 11.3 Å². The van der Waals surface area contributed by atoms with E-state index in [1.165, 1.54) is 0 Å². The van der Waals surface area contributed by atoms with Gasteiger partial charge in [-0.3, -0.25) is 9.69 Å². The van der Waals surface area contributed by atoms with Gasteiger partial charge in [0, 0.05) is 25.2 Å². The number of thiophene rings is 1. The molecule has 0 unspecified atom stereocenters. The number of hydrogen-bond donors (Lipinski definition) is 2. The Balaban J connectivity index is 1.62. The van der Waals surface area contributed by atoms with Crippen LogP contribution >= 0.6 is 11.3 Å². The lowest BCUT2D eigenvalue weighted by atomic mass is 10.0. The molecule has 0 aliphatic carbocycles. The van der Waals surface area contributed by atoms with Crippen LogP contribution in [0.4, 0.5) is 0 Å². The zero-order valence-electron chi connectivity index (χ0n) is 13.0. The number of nitrogens with zero attached hydrogens (tertiary/aromatic N) is 3. The number of aryl methyl sites for hydroxylation is 1. The van der Waals surface area contributed by atoms with Crippen LogP contribution in [0.25, 0.3) is 10.8 Å². The molecule has 24 heavy (non-hydrogen) atoms. The molecule has 0 fully saturated rings. The summed E-state index contributed by atoms with van der Waals surface area (Å²) in [6.07, 6.45) is 2.30. The maximum Gasteiger partial charge on any atom is 0.327 e. The number of aromatic nitrogens is 3. The summed E-state index contributed by atoms with van der Waals surface area (Å²) in [5.41, 5.74) is 2.26. The number of oxazole rings is 1. The molecule has 0 aromatic carbocycles. The van der Waals surface area contributed by atoms with E-state index in [2.05, 4.69) is 15.0 Å². The number of fused-ring (bicyclic) bond motifs is 1. The van der Waals surface area contributed by atoms with Crippen LogP contribution in [-0.4, -0.2) is 37.5 Å². The van der Waals surface area contributed by atoms with Crippen molar-refractivity contribution in [1.29, 1.82) is 0 Å². The number of H-pyrrole nitrogens is 1. The molecular weight excluding hydrogens is 328 g/mol. The van der Waals surface area contributed by atoms with Crippen molar-refractivity contribution in [2.75, 3.05) is 6.54 Å². The summed E-state index contributed by atoms with van der Waals surface area (Å²) in [6.45, 7) is 2.91. The summed E-state index contributed by atoms with van der Waals surface area (Å²) < 4.78 is 5.75. The number of aliphatic carboxylic acids is 1. The van der Waals surface area contributed by atoms with Gasteiger partial charge in [0.25, 0.3) is 0 Å². The third-order valence-electron chi connectivity index (χ3n) is 4.24. The monoisotopic (exact) mass is 344 g/mol. The predicted molar refractivity (Wildman–Crippen MR) is 87.6 cm³/mol. The maximum atomic E-state index is 11.8. The molecule has 124 valence electrons. The highest BCUT2D eigenvalue weighted by atomic mass is 32.1. The van der Waals surface area contributed by atoms with Crippen molar-refractivity contribution < 1.29 is 14.3 Å². The minimum Gasteiger partial charge on any atom is -0.480 e. The molecule has 7 nitrogen and oxygen atoms in total. The first-order valence-corrected chi connectivity index (χ1v) is 8.50. The van der Waals surface area contributed by atoms with Crippen LogP contribution in [0.15, 0.2) is 28.3 Å². The summed E-state index contributed by atoms with van der Waals surface area (Å²) in [5, 5.41) is 11.6. The zero-order valence-corrected chi connectivity index (χ0v) is 13.8. The lowest BCUT2D eigenvalue weighted by molar-refractivity contribution is -0.144. The first-order valence-electron chi connectivity index (χ1n) is 7.62. The average Bonchev–Trinajstić information content (AvgIpc) is 3.27. The number of hydrogen-bond acceptors (Lipinski definition) is 6. The quantitative estimate of drug-likeness (QED) is 0.755. The molecule has 3 aromatic heterocycles. The molecule has 3 aromatic rings. The highest BCUT2D eigenvalue weighted by molar-refractivity contribution is 7.13. The van der Waals surface area contributed by atoms with Gasteiger partial charge in [-0.2, -0.15) is 0 Å². The minimum atomic E-state index is -0.900. The molecule has 1 aliphatic heterocycles. The van der Waals surface area contributed by atoms with Crippen LogP contribution in [0, 0.1) is 6.92 Å². The lowest BCUT2D eigenvalue weighted by Crippen LogP contribution is -2.39. The SMILES string of the molecule is Cc1oc(-c2cccs2)nc1CN1CCc2[nH]cnc2[C@@H]1C(=O)O. The van der Waals surface area contributed by atoms with Gasteiger partial charge in [-0.1, -0.05) is 6.07 Å². The molecule has 1 atom stereocenters. The molecule has 0 radical (unpaired) electrons. The Bertz CT molecular complexity index is 868. The Hall–Kier alpha value is -2.45. The van der Waals surface area contributed by atoms with Crippen LogP contribution < -0.4 is 0 Å². The molecular formula is C16H16N4O3S. The van der Waals surface area contributed by atoms with E-state index in [-0.39, 0.29) is 0 Å². The Kier molecular flexibility index (Phi) is 3.70. The van der Waals surface area contributed by atoms with Crippen molar-refractivity contribution in [1.82, 2.24) is 19.9 Å². The van der Waals surface area contributed by atoms with Crippen molar-refractivity contribution in [2.45, 2.75) is 25.9 Å². The van der Waals surface area contributed by atoms with E-state index in [4.69, 9.17) is 4.42 Å². The number of carbonyl (C=O) groups is 1. The molecule has 4 heterocycles. The first kappa shape index (κ1) is 15.1. The fourth-order valence-electron chi connectivity index (χ4n) is 3.04. The van der Waals surface area contributed by atoms with Gasteiger partial charge in [0.15, 0.2) is 6.04 Å². The minimum absolute atomic E-state index is 0.421. The summed E-state index contributed by atoms with van der Waals surface area (Å²) in [5.74, 6) is 0.403. The maximum absolute atomic E-state index is 11.8. The Labute approximate surface area is 142 Å². The third kappa shape index (κ3) is 2.53. The van der Waals surface area contributed by atoms with Crippen molar-refractivity contribution in [3.05, 3.63) is 46.7 Å². The average molecular weight is 344 g/mol. The fourth-order valence-corrected chi connectivity index (χ4v) is 3.69. The van der Waals surface area contributed by atoms with Crippen LogP contribution in [0.3, 0.4) is 0 Å². The molecule has 0 spiro atoms. The van der Waals surface area contributed by atoms with Crippen LogP contribution in [0.2, 0.25) is 0 Å². The second kappa shape index (κ2) is 5.88. The van der Waals surface area contributed by atoms with Gasteiger partial charge in [0.05, 0.1) is 22.6 Å². The van der Waals surface area contributed by atoms with Crippen molar-refractivity contribution in [2.24, 2.45) is 0 Å². The number of carboxylic acids is 1. The number of carboxylic acid groups (broad SMARTS) is 1. The van der Waals surface area contributed by atoms with E-state index in [1.54, 1.807) is 17.7 Å². The molecule has 0 saturated carbocycles. The molecule has 0 amide bonds. The van der Waals surface area contributed by atoms with Gasteiger partial charge in [-0.05, 0) is 18.4 Å². The Morgan fingerprint density at radius 2 is 2.46 bits per heavy atom. The number of nitrogens with one attached hydrogen (secondary N) is 1. The van der Waals surface area contributed by atoms with E-state index in [0.717, 1.165) is 28.4 Å². The standard InChI is InChI=1S/C16H16N4O3S/c1-9-11(19-15(23-9)12-3-2-6-24-12)7-20-5-4-10-13(18-8-17-10)14(20)16(21)22/h2-3,6,8,14H,4-5,7H2,1H3,(H,17,18)(H,21,22)/t14-/m1/s1. The van der Waals surface area contributed by atoms with E-state index in [0.29, 0.717) is 24.7 Å². The lowest BCUT2D eigenvalue weighted by Gasteiger charge is -2.31. The predicted octanol–water partition coefficient (Wildman–Crippen LogP) is 2.62. The highest BCUT2D eigenvalue weighted by Gasteiger charge is 2.35. The smallest absolute Gasteiger partial charge is 0.327 e. The Morgan fingerprint density at radius 3 is 3.21 bits per heavy atom. The topological polar surface area (TPSA) is 95.3 Å². The van der Waals surface area contributed by atoms with E-state index in [9.17, 15) is 9.90 Å². The molecule has 4 rings (SSSR count). The fraction of sp³-hybridized carbons (Fsp3) is 0.312. The molecule has 0 bridgehead atoms. The van der Waals surface area contributed by atoms with Crippen molar-refractivity contribution in [3.63, 3.8) is 0 Å². The summed E-state index contributed by atoms with van der Waals surface area (Å²) in [6, 6.07) is 3.14. The van der Waals surface area contributed by atoms with E-state index >= 15 is 0 Å². The van der Waals surface area contributed by atoms with E-state index < -0.39 is 12.0 Å². The number of aromatic amines is 1. The summed E-state index contributed by atoms with van der Waals surface area (Å²) >= 11 is 1.56. The van der Waals surface area contributed by atoms with Gasteiger partial charge < -0.3 is 14.5 Å². The van der Waals surface area contributed by atoms with Crippen LogP contribution in [-0.2, 0) is 17.8 Å². The number of imidazole rings is 1. The summed E-state index contributed by atoms with van der Waals surface area (Å²) in [7, 11) is 0. The molecule has 2 N–H and O–H groups in total. The second-order valence-corrected chi connectivity index (χ2v) is 6.67. The van der Waals surface area contributed by atoms with Crippen LogP contribution in [0.5, 0.6) is 0 Å². The molecule has 0 saturated heterocycles. The van der Waals surface area contributed by atoms with Gasteiger partial charge in [0.1, 0.15) is 5.76 Å². The summed E-state index contributed by atoms with van der Waals surface area (Å²) in [4.78, 5) is 26.4. The largest absolute Gasteiger partial charge is 0.480 e. The zero-order chi connectivity index (χ0) is 16.7.